The number of benzene rings is 1. The van der Waals surface area contributed by atoms with Crippen LogP contribution >= 0.6 is 0 Å². The van der Waals surface area contributed by atoms with Gasteiger partial charge in [-0.25, -0.2) is 0 Å². The number of para-hydroxylation sites is 1. The molecule has 0 unspecified atom stereocenters. The Morgan fingerprint density at radius 1 is 1.29 bits per heavy atom. The SMILES string of the molecule is Cc1ccccc1NC(=O)CNCCC1CCN(C)CC1. The lowest BCUT2D eigenvalue weighted by Gasteiger charge is -2.28. The van der Waals surface area contributed by atoms with Crippen LogP contribution in [0.3, 0.4) is 0 Å². The third-order valence-electron chi connectivity index (χ3n) is 4.27. The van der Waals surface area contributed by atoms with Crippen LogP contribution in [0.5, 0.6) is 0 Å². The molecule has 1 fully saturated rings. The minimum atomic E-state index is 0.0349. The Bertz CT molecular complexity index is 453. The van der Waals surface area contributed by atoms with Crippen molar-refractivity contribution in [2.24, 2.45) is 5.92 Å². The maximum Gasteiger partial charge on any atom is 0.238 e. The molecule has 4 nitrogen and oxygen atoms in total. The highest BCUT2D eigenvalue weighted by molar-refractivity contribution is 5.92. The summed E-state index contributed by atoms with van der Waals surface area (Å²) in [6.45, 7) is 5.73. The first kappa shape index (κ1) is 16.0. The van der Waals surface area contributed by atoms with E-state index in [2.05, 4.69) is 22.6 Å². The fourth-order valence-electron chi connectivity index (χ4n) is 2.77. The predicted octanol–water partition coefficient (Wildman–Crippen LogP) is 2.26. The van der Waals surface area contributed by atoms with E-state index < -0.39 is 0 Å². The quantitative estimate of drug-likeness (QED) is 0.790. The van der Waals surface area contributed by atoms with Gasteiger partial charge in [-0.1, -0.05) is 18.2 Å². The zero-order valence-corrected chi connectivity index (χ0v) is 13.2. The van der Waals surface area contributed by atoms with Crippen LogP contribution in [0.4, 0.5) is 5.69 Å². The van der Waals surface area contributed by atoms with Crippen LogP contribution in [0.25, 0.3) is 0 Å². The highest BCUT2D eigenvalue weighted by Crippen LogP contribution is 2.18. The number of anilines is 1. The Morgan fingerprint density at radius 3 is 2.71 bits per heavy atom. The number of nitrogens with one attached hydrogen (secondary N) is 2. The normalized spacial score (nSPS) is 16.9. The zero-order valence-electron chi connectivity index (χ0n) is 13.2. The summed E-state index contributed by atoms with van der Waals surface area (Å²) in [4.78, 5) is 14.3. The molecule has 1 amide bonds. The monoisotopic (exact) mass is 289 g/mol. The second kappa shape index (κ2) is 8.15. The number of likely N-dealkylation sites (tertiary alicyclic amines) is 1. The molecule has 116 valence electrons. The molecule has 1 aromatic carbocycles. The molecule has 0 bridgehead atoms. The van der Waals surface area contributed by atoms with Crippen LogP contribution in [-0.4, -0.2) is 44.0 Å². The summed E-state index contributed by atoms with van der Waals surface area (Å²) in [7, 11) is 2.18. The van der Waals surface area contributed by atoms with E-state index in [9.17, 15) is 4.79 Å². The number of aryl methyl sites for hydroxylation is 1. The fourth-order valence-corrected chi connectivity index (χ4v) is 2.77. The van der Waals surface area contributed by atoms with Crippen molar-refractivity contribution in [1.29, 1.82) is 0 Å². The number of nitrogens with zero attached hydrogens (tertiary/aromatic N) is 1. The Hall–Kier alpha value is -1.39. The third-order valence-corrected chi connectivity index (χ3v) is 4.27. The summed E-state index contributed by atoms with van der Waals surface area (Å²) in [6, 6.07) is 7.86. The van der Waals surface area contributed by atoms with Gasteiger partial charge in [-0.2, -0.15) is 0 Å². The van der Waals surface area contributed by atoms with E-state index in [1.807, 2.05) is 31.2 Å². The Labute approximate surface area is 127 Å². The number of piperidine rings is 1. The molecule has 0 atom stereocenters. The van der Waals surface area contributed by atoms with Crippen molar-refractivity contribution >= 4 is 11.6 Å². The molecule has 1 heterocycles. The minimum Gasteiger partial charge on any atom is -0.325 e. The summed E-state index contributed by atoms with van der Waals surface area (Å²) in [6.07, 6.45) is 3.74. The summed E-state index contributed by atoms with van der Waals surface area (Å²) in [5.74, 6) is 0.848. The Kier molecular flexibility index (Phi) is 6.21. The minimum absolute atomic E-state index is 0.0349. The first-order chi connectivity index (χ1) is 10.1. The smallest absolute Gasteiger partial charge is 0.238 e. The van der Waals surface area contributed by atoms with Crippen molar-refractivity contribution in [2.45, 2.75) is 26.2 Å². The van der Waals surface area contributed by atoms with Crippen LogP contribution in [-0.2, 0) is 4.79 Å². The van der Waals surface area contributed by atoms with Gasteiger partial charge in [0, 0.05) is 5.69 Å². The number of amides is 1. The van der Waals surface area contributed by atoms with Crippen molar-refractivity contribution < 1.29 is 4.79 Å². The number of carbonyl (C=O) groups excluding carboxylic acids is 1. The Balaban J connectivity index is 1.60. The van der Waals surface area contributed by atoms with Crippen LogP contribution < -0.4 is 10.6 Å². The molecular weight excluding hydrogens is 262 g/mol. The van der Waals surface area contributed by atoms with Crippen LogP contribution in [0, 0.1) is 12.8 Å². The lowest BCUT2D eigenvalue weighted by Crippen LogP contribution is -2.33. The number of hydrogen-bond acceptors (Lipinski definition) is 3. The molecule has 0 spiro atoms. The average molecular weight is 289 g/mol. The van der Waals surface area contributed by atoms with Crippen molar-refractivity contribution in [2.75, 3.05) is 38.5 Å². The molecule has 0 aliphatic carbocycles. The van der Waals surface area contributed by atoms with Gasteiger partial charge in [-0.3, -0.25) is 4.79 Å². The summed E-state index contributed by atoms with van der Waals surface area (Å²) in [5.41, 5.74) is 2.00. The molecule has 1 aliphatic heterocycles. The van der Waals surface area contributed by atoms with Gasteiger partial charge in [-0.15, -0.1) is 0 Å². The van der Waals surface area contributed by atoms with Crippen molar-refractivity contribution in [3.05, 3.63) is 29.8 Å². The lowest BCUT2D eigenvalue weighted by molar-refractivity contribution is -0.115. The van der Waals surface area contributed by atoms with Gasteiger partial charge in [0.2, 0.25) is 5.91 Å². The Morgan fingerprint density at radius 2 is 2.00 bits per heavy atom. The molecule has 2 rings (SSSR count). The van der Waals surface area contributed by atoms with Crippen LogP contribution in [0.2, 0.25) is 0 Å². The second-order valence-corrected chi connectivity index (χ2v) is 6.08. The van der Waals surface area contributed by atoms with Crippen molar-refractivity contribution in [3.8, 4) is 0 Å². The first-order valence-electron chi connectivity index (χ1n) is 7.90. The van der Waals surface area contributed by atoms with E-state index in [-0.39, 0.29) is 5.91 Å². The van der Waals surface area contributed by atoms with Gasteiger partial charge in [0.1, 0.15) is 0 Å². The summed E-state index contributed by atoms with van der Waals surface area (Å²) in [5, 5.41) is 6.20. The van der Waals surface area contributed by atoms with E-state index >= 15 is 0 Å². The third kappa shape index (κ3) is 5.48. The van der Waals surface area contributed by atoms with Gasteiger partial charge in [0.05, 0.1) is 6.54 Å². The molecule has 1 aliphatic rings. The van der Waals surface area contributed by atoms with E-state index in [1.165, 1.54) is 32.4 Å². The van der Waals surface area contributed by atoms with Gasteiger partial charge >= 0.3 is 0 Å². The summed E-state index contributed by atoms with van der Waals surface area (Å²) < 4.78 is 0. The molecule has 0 radical (unpaired) electrons. The van der Waals surface area contributed by atoms with E-state index in [1.54, 1.807) is 0 Å². The molecule has 0 aromatic heterocycles. The van der Waals surface area contributed by atoms with Crippen LogP contribution in [0.1, 0.15) is 24.8 Å². The maximum atomic E-state index is 11.9. The fraction of sp³-hybridized carbons (Fsp3) is 0.588. The van der Waals surface area contributed by atoms with Gasteiger partial charge in [0.15, 0.2) is 0 Å². The molecule has 1 saturated heterocycles. The first-order valence-corrected chi connectivity index (χ1v) is 7.90. The van der Waals surface area contributed by atoms with E-state index in [0.29, 0.717) is 6.54 Å². The number of carbonyl (C=O) groups is 1. The van der Waals surface area contributed by atoms with Crippen LogP contribution in [0.15, 0.2) is 24.3 Å². The highest BCUT2D eigenvalue weighted by atomic mass is 16.1. The maximum absolute atomic E-state index is 11.9. The van der Waals surface area contributed by atoms with Crippen molar-refractivity contribution in [1.82, 2.24) is 10.2 Å². The summed E-state index contributed by atoms with van der Waals surface area (Å²) >= 11 is 0. The molecule has 2 N–H and O–H groups in total. The number of hydrogen-bond donors (Lipinski definition) is 2. The van der Waals surface area contributed by atoms with Gasteiger partial charge in [-0.05, 0) is 70.4 Å². The zero-order chi connectivity index (χ0) is 15.1. The standard InChI is InChI=1S/C17H27N3O/c1-14-5-3-4-6-16(14)19-17(21)13-18-10-7-15-8-11-20(2)12-9-15/h3-6,15,18H,7-13H2,1-2H3,(H,19,21). The molecule has 4 heteroatoms. The number of rotatable bonds is 6. The van der Waals surface area contributed by atoms with E-state index in [0.717, 1.165) is 23.7 Å². The van der Waals surface area contributed by atoms with E-state index in [4.69, 9.17) is 0 Å². The molecular formula is C17H27N3O. The topological polar surface area (TPSA) is 44.4 Å². The van der Waals surface area contributed by atoms with Crippen molar-refractivity contribution in [3.63, 3.8) is 0 Å². The largest absolute Gasteiger partial charge is 0.325 e. The predicted molar refractivity (Wildman–Crippen MR) is 87.5 cm³/mol. The van der Waals surface area contributed by atoms with Gasteiger partial charge in [0.25, 0.3) is 0 Å². The second-order valence-electron chi connectivity index (χ2n) is 6.08. The van der Waals surface area contributed by atoms with Gasteiger partial charge < -0.3 is 15.5 Å². The molecule has 1 aromatic rings. The lowest BCUT2D eigenvalue weighted by atomic mass is 9.94. The molecule has 21 heavy (non-hydrogen) atoms. The molecule has 0 saturated carbocycles. The highest BCUT2D eigenvalue weighted by Gasteiger charge is 2.15. The average Bonchev–Trinajstić information content (AvgIpc) is 2.48.